The first-order valence-corrected chi connectivity index (χ1v) is 19.6. The van der Waals surface area contributed by atoms with Crippen molar-refractivity contribution in [2.45, 2.75) is 0 Å². The molecule has 5 aromatic heterocycles. The number of para-hydroxylation sites is 2. The van der Waals surface area contributed by atoms with E-state index in [9.17, 15) is 0 Å². The van der Waals surface area contributed by atoms with Crippen LogP contribution in [0.3, 0.4) is 0 Å². The van der Waals surface area contributed by atoms with Crippen LogP contribution in [0.1, 0.15) is 0 Å². The topological polar surface area (TPSA) is 69.4 Å². The van der Waals surface area contributed by atoms with Crippen LogP contribution in [0.15, 0.2) is 207 Å². The second-order valence-electron chi connectivity index (χ2n) is 14.6. The number of benzene rings is 6. The van der Waals surface area contributed by atoms with Crippen LogP contribution < -0.4 is 0 Å². The number of rotatable bonds is 7. The Hall–Kier alpha value is -8.09. The fourth-order valence-corrected chi connectivity index (χ4v) is 8.13. The molecule has 276 valence electrons. The predicted octanol–water partition coefficient (Wildman–Crippen LogP) is 12.9. The van der Waals surface area contributed by atoms with Gasteiger partial charge < -0.3 is 0 Å². The minimum Gasteiger partial charge on any atom is -0.292 e. The van der Waals surface area contributed by atoms with E-state index in [1.54, 1.807) is 12.4 Å². The van der Waals surface area contributed by atoms with Crippen molar-refractivity contribution in [1.82, 2.24) is 29.5 Å². The van der Waals surface area contributed by atoms with Gasteiger partial charge in [0.1, 0.15) is 5.82 Å². The van der Waals surface area contributed by atoms with E-state index in [0.717, 1.165) is 106 Å². The van der Waals surface area contributed by atoms with Gasteiger partial charge in [-0.3, -0.25) is 14.5 Å². The van der Waals surface area contributed by atoms with Gasteiger partial charge in [0.15, 0.2) is 0 Å². The molecule has 0 bridgehead atoms. The number of fused-ring (bicyclic) bond motifs is 5. The first-order valence-electron chi connectivity index (χ1n) is 19.6. The number of hydrogen-bond donors (Lipinski definition) is 0. The standard InChI is InChI=1S/C53H34N6/c1-3-12-37(13-4-1)53-58-52-49(59(53)43-18-5-2-6-19-43)27-26-45-44-20-7-8-21-46(44)57-51(50(45)52)36-24-22-35(23-25-36)38-14-9-15-39(30-38)42-31-47(40-16-10-28-54-33-40)56-48(32-42)41-17-11-29-55-34-41/h1-34H. The third-order valence-corrected chi connectivity index (χ3v) is 11.0. The number of aromatic nitrogens is 6. The zero-order chi connectivity index (χ0) is 39.1. The Morgan fingerprint density at radius 2 is 0.983 bits per heavy atom. The SMILES string of the molecule is c1ccc(-c2nc3c4c(-c5ccc(-c6cccc(-c7cc(-c8cccnc8)nc(-c8cccnc8)c7)c6)cc5)nc5ccccc5c4ccc3n2-c2ccccc2)cc1. The van der Waals surface area contributed by atoms with Crippen molar-refractivity contribution >= 4 is 32.7 Å². The third kappa shape index (κ3) is 6.20. The molecule has 6 nitrogen and oxygen atoms in total. The van der Waals surface area contributed by atoms with Crippen molar-refractivity contribution in [1.29, 1.82) is 0 Å². The van der Waals surface area contributed by atoms with Gasteiger partial charge in [0.2, 0.25) is 0 Å². The molecule has 6 aromatic carbocycles. The van der Waals surface area contributed by atoms with Crippen molar-refractivity contribution in [3.63, 3.8) is 0 Å². The van der Waals surface area contributed by atoms with Crippen LogP contribution in [0.4, 0.5) is 0 Å². The summed E-state index contributed by atoms with van der Waals surface area (Å²) in [7, 11) is 0. The van der Waals surface area contributed by atoms with E-state index >= 15 is 0 Å². The fraction of sp³-hybridized carbons (Fsp3) is 0. The fourth-order valence-electron chi connectivity index (χ4n) is 8.13. The summed E-state index contributed by atoms with van der Waals surface area (Å²) in [6, 6.07) is 63.4. The Bertz CT molecular complexity index is 3230. The molecule has 0 saturated carbocycles. The van der Waals surface area contributed by atoms with Gasteiger partial charge in [-0.15, -0.1) is 0 Å². The molecular formula is C53H34N6. The summed E-state index contributed by atoms with van der Waals surface area (Å²) in [5, 5.41) is 3.27. The molecule has 0 atom stereocenters. The summed E-state index contributed by atoms with van der Waals surface area (Å²) < 4.78 is 2.27. The number of nitrogens with zero attached hydrogens (tertiary/aromatic N) is 6. The van der Waals surface area contributed by atoms with Gasteiger partial charge in [-0.1, -0.05) is 115 Å². The minimum atomic E-state index is 0.859. The molecule has 5 heterocycles. The molecule has 11 aromatic rings. The average Bonchev–Trinajstić information content (AvgIpc) is 3.72. The Labute approximate surface area is 340 Å². The smallest absolute Gasteiger partial charge is 0.145 e. The summed E-state index contributed by atoms with van der Waals surface area (Å²) in [5.74, 6) is 0.892. The van der Waals surface area contributed by atoms with Gasteiger partial charge >= 0.3 is 0 Å². The lowest BCUT2D eigenvalue weighted by molar-refractivity contribution is 1.10. The molecule has 0 amide bonds. The molecule has 6 heteroatoms. The number of imidazole rings is 1. The van der Waals surface area contributed by atoms with Gasteiger partial charge in [0, 0.05) is 63.5 Å². The normalized spacial score (nSPS) is 11.4. The molecule has 0 aliphatic carbocycles. The van der Waals surface area contributed by atoms with Gasteiger partial charge in [0.05, 0.1) is 33.6 Å². The zero-order valence-electron chi connectivity index (χ0n) is 31.8. The summed E-state index contributed by atoms with van der Waals surface area (Å²) in [4.78, 5) is 24.6. The van der Waals surface area contributed by atoms with Crippen molar-refractivity contribution < 1.29 is 0 Å². The highest BCUT2D eigenvalue weighted by Crippen LogP contribution is 2.40. The zero-order valence-corrected chi connectivity index (χ0v) is 31.8. The Balaban J connectivity index is 1.05. The van der Waals surface area contributed by atoms with E-state index in [0.29, 0.717) is 0 Å². The summed E-state index contributed by atoms with van der Waals surface area (Å²) in [5.41, 5.74) is 15.0. The minimum absolute atomic E-state index is 0.859. The molecule has 0 aliphatic rings. The highest BCUT2D eigenvalue weighted by atomic mass is 15.1. The van der Waals surface area contributed by atoms with Gasteiger partial charge in [-0.05, 0) is 94.4 Å². The van der Waals surface area contributed by atoms with Crippen molar-refractivity contribution in [2.75, 3.05) is 0 Å². The maximum absolute atomic E-state index is 5.45. The van der Waals surface area contributed by atoms with Crippen LogP contribution >= 0.6 is 0 Å². The Morgan fingerprint density at radius 3 is 1.68 bits per heavy atom. The van der Waals surface area contributed by atoms with Crippen LogP contribution in [0.5, 0.6) is 0 Å². The van der Waals surface area contributed by atoms with Crippen LogP contribution in [-0.2, 0) is 0 Å². The second-order valence-corrected chi connectivity index (χ2v) is 14.6. The molecule has 0 saturated heterocycles. The quantitative estimate of drug-likeness (QED) is 0.152. The molecular weight excluding hydrogens is 721 g/mol. The first kappa shape index (κ1) is 34.2. The second kappa shape index (κ2) is 14.4. The molecule has 11 rings (SSSR count). The van der Waals surface area contributed by atoms with Crippen LogP contribution in [0.25, 0.3) is 106 Å². The highest BCUT2D eigenvalue weighted by Gasteiger charge is 2.21. The van der Waals surface area contributed by atoms with Crippen LogP contribution in [-0.4, -0.2) is 29.5 Å². The van der Waals surface area contributed by atoms with Crippen molar-refractivity contribution in [3.8, 4) is 73.1 Å². The van der Waals surface area contributed by atoms with E-state index < -0.39 is 0 Å². The average molecular weight is 755 g/mol. The van der Waals surface area contributed by atoms with E-state index in [1.807, 2.05) is 48.8 Å². The van der Waals surface area contributed by atoms with E-state index in [1.165, 1.54) is 0 Å². The predicted molar refractivity (Wildman–Crippen MR) is 240 cm³/mol. The molecule has 0 radical (unpaired) electrons. The van der Waals surface area contributed by atoms with Crippen molar-refractivity contribution in [3.05, 3.63) is 207 Å². The summed E-state index contributed by atoms with van der Waals surface area (Å²) in [6.07, 6.45) is 7.27. The molecule has 0 aliphatic heterocycles. The molecule has 0 N–H and O–H groups in total. The van der Waals surface area contributed by atoms with Gasteiger partial charge in [0.25, 0.3) is 0 Å². The summed E-state index contributed by atoms with van der Waals surface area (Å²) in [6.45, 7) is 0. The van der Waals surface area contributed by atoms with E-state index in [2.05, 4.69) is 160 Å². The van der Waals surface area contributed by atoms with Gasteiger partial charge in [-0.25, -0.2) is 15.0 Å². The van der Waals surface area contributed by atoms with E-state index in [4.69, 9.17) is 15.0 Å². The number of hydrogen-bond acceptors (Lipinski definition) is 5. The molecule has 0 unspecified atom stereocenters. The van der Waals surface area contributed by atoms with Crippen molar-refractivity contribution in [2.24, 2.45) is 0 Å². The third-order valence-electron chi connectivity index (χ3n) is 11.0. The summed E-state index contributed by atoms with van der Waals surface area (Å²) >= 11 is 0. The lowest BCUT2D eigenvalue weighted by Crippen LogP contribution is -1.97. The molecule has 59 heavy (non-hydrogen) atoms. The maximum atomic E-state index is 5.45. The molecule has 0 spiro atoms. The highest BCUT2D eigenvalue weighted by molar-refractivity contribution is 6.20. The lowest BCUT2D eigenvalue weighted by Gasteiger charge is -2.13. The monoisotopic (exact) mass is 754 g/mol. The first-order chi connectivity index (χ1) is 29.2. The Kier molecular flexibility index (Phi) is 8.37. The maximum Gasteiger partial charge on any atom is 0.145 e. The van der Waals surface area contributed by atoms with Crippen LogP contribution in [0, 0.1) is 0 Å². The molecule has 0 fully saturated rings. The lowest BCUT2D eigenvalue weighted by atomic mass is 9.95. The largest absolute Gasteiger partial charge is 0.292 e. The van der Waals surface area contributed by atoms with Crippen LogP contribution in [0.2, 0.25) is 0 Å². The number of pyridine rings is 4. The Morgan fingerprint density at radius 1 is 0.373 bits per heavy atom. The van der Waals surface area contributed by atoms with E-state index in [-0.39, 0.29) is 0 Å². The van der Waals surface area contributed by atoms with Gasteiger partial charge in [-0.2, -0.15) is 0 Å².